The second-order valence-corrected chi connectivity index (χ2v) is 7.12. The number of fused-ring (bicyclic) bond motifs is 1. The summed E-state index contributed by atoms with van der Waals surface area (Å²) < 4.78 is 12.1. The molecule has 2 atom stereocenters. The van der Waals surface area contributed by atoms with Crippen molar-refractivity contribution in [3.8, 4) is 11.5 Å². The number of aliphatic hydroxyl groups is 1. The molecule has 5 heteroatoms. The number of aliphatic hydroxyl groups excluding tert-OH is 1. The van der Waals surface area contributed by atoms with Crippen LogP contribution < -0.4 is 9.47 Å². The van der Waals surface area contributed by atoms with Crippen LogP contribution in [0.3, 0.4) is 0 Å². The normalized spacial score (nSPS) is 24.5. The van der Waals surface area contributed by atoms with Gasteiger partial charge in [0.05, 0.1) is 0 Å². The Hall–Kier alpha value is -2.53. The van der Waals surface area contributed by atoms with Crippen LogP contribution in [0.1, 0.15) is 35.7 Å². The van der Waals surface area contributed by atoms with Crippen LogP contribution in [0.15, 0.2) is 48.5 Å². The van der Waals surface area contributed by atoms with Gasteiger partial charge in [-0.05, 0) is 37.0 Å². The third kappa shape index (κ3) is 3.03. The van der Waals surface area contributed by atoms with Crippen molar-refractivity contribution in [2.24, 2.45) is 5.92 Å². The number of rotatable bonds is 3. The molecule has 26 heavy (non-hydrogen) atoms. The molecule has 2 aromatic carbocycles. The quantitative estimate of drug-likeness (QED) is 0.921. The molecule has 0 bridgehead atoms. The minimum absolute atomic E-state index is 0.0251. The van der Waals surface area contributed by atoms with Gasteiger partial charge >= 0.3 is 0 Å². The second kappa shape index (κ2) is 6.65. The van der Waals surface area contributed by atoms with Gasteiger partial charge in [-0.3, -0.25) is 4.79 Å². The molecule has 1 fully saturated rings. The number of hydrogen-bond acceptors (Lipinski definition) is 4. The van der Waals surface area contributed by atoms with Crippen LogP contribution >= 0.6 is 0 Å². The van der Waals surface area contributed by atoms with Gasteiger partial charge in [0.1, 0.15) is 0 Å². The number of ether oxygens (including phenoxy) is 2. The predicted octanol–water partition coefficient (Wildman–Crippen LogP) is 3.18. The Morgan fingerprint density at radius 1 is 1.19 bits per heavy atom. The van der Waals surface area contributed by atoms with Crippen molar-refractivity contribution in [1.82, 2.24) is 4.90 Å². The van der Waals surface area contributed by atoms with E-state index >= 15 is 0 Å². The number of carbonyl (C=O) groups excluding carboxylic acids is 1. The van der Waals surface area contributed by atoms with Gasteiger partial charge in [0.15, 0.2) is 11.5 Å². The van der Waals surface area contributed by atoms with Crippen LogP contribution in [0.2, 0.25) is 0 Å². The molecule has 1 N–H and O–H groups in total. The number of amides is 1. The Bertz CT molecular complexity index is 807. The van der Waals surface area contributed by atoms with Crippen LogP contribution in [0.25, 0.3) is 0 Å². The van der Waals surface area contributed by atoms with Crippen LogP contribution in [0, 0.1) is 5.92 Å². The van der Waals surface area contributed by atoms with Gasteiger partial charge < -0.3 is 19.5 Å². The van der Waals surface area contributed by atoms with Crippen LogP contribution in [-0.4, -0.2) is 35.6 Å². The van der Waals surface area contributed by atoms with Gasteiger partial charge in [-0.15, -0.1) is 0 Å². The lowest BCUT2D eigenvalue weighted by Crippen LogP contribution is -2.40. The highest BCUT2D eigenvalue weighted by Gasteiger charge is 2.39. The topological polar surface area (TPSA) is 59.0 Å². The lowest BCUT2D eigenvalue weighted by Gasteiger charge is -2.31. The fourth-order valence-corrected chi connectivity index (χ4v) is 3.69. The molecule has 0 spiro atoms. The summed E-state index contributed by atoms with van der Waals surface area (Å²) in [5.41, 5.74) is 1.51. The first-order valence-corrected chi connectivity index (χ1v) is 9.07. The van der Waals surface area contributed by atoms with E-state index < -0.39 is 5.79 Å². The summed E-state index contributed by atoms with van der Waals surface area (Å²) in [6.45, 7) is 3.33. The van der Waals surface area contributed by atoms with Crippen molar-refractivity contribution in [2.45, 2.75) is 25.6 Å². The zero-order chi connectivity index (χ0) is 18.1. The third-order valence-electron chi connectivity index (χ3n) is 5.16. The van der Waals surface area contributed by atoms with E-state index in [2.05, 4.69) is 0 Å². The van der Waals surface area contributed by atoms with Crippen LogP contribution in [0.5, 0.6) is 11.5 Å². The summed E-state index contributed by atoms with van der Waals surface area (Å²) in [7, 11) is 0. The minimum atomic E-state index is -0.891. The number of benzene rings is 2. The van der Waals surface area contributed by atoms with E-state index in [1.165, 1.54) is 0 Å². The predicted molar refractivity (Wildman–Crippen MR) is 97.2 cm³/mol. The Balaban J connectivity index is 1.55. The van der Waals surface area contributed by atoms with E-state index in [0.29, 0.717) is 23.6 Å². The standard InChI is InChI=1S/C21H23NO4/c1-21(17-7-3-2-4-8-17)25-18-10-9-16(12-19(18)26-21)20(24)22-11-5-6-15(13-22)14-23/h2-4,7-10,12,15,23H,5-6,11,13-14H2,1H3. The highest BCUT2D eigenvalue weighted by Crippen LogP contribution is 2.44. The van der Waals surface area contributed by atoms with Crippen molar-refractivity contribution < 1.29 is 19.4 Å². The van der Waals surface area contributed by atoms with Crippen LogP contribution in [0.4, 0.5) is 0 Å². The van der Waals surface area contributed by atoms with Crippen molar-refractivity contribution in [3.63, 3.8) is 0 Å². The molecule has 2 aliphatic rings. The average Bonchev–Trinajstić information content (AvgIpc) is 3.04. The van der Waals surface area contributed by atoms with Gasteiger partial charge in [-0.1, -0.05) is 30.3 Å². The number of nitrogens with zero attached hydrogens (tertiary/aromatic N) is 1. The second-order valence-electron chi connectivity index (χ2n) is 7.12. The van der Waals surface area contributed by atoms with Gasteiger partial charge in [0.25, 0.3) is 11.7 Å². The zero-order valence-electron chi connectivity index (χ0n) is 14.9. The highest BCUT2D eigenvalue weighted by atomic mass is 16.7. The monoisotopic (exact) mass is 353 g/mol. The molecule has 0 aromatic heterocycles. The van der Waals surface area contributed by atoms with Crippen molar-refractivity contribution in [1.29, 1.82) is 0 Å². The van der Waals surface area contributed by atoms with E-state index in [9.17, 15) is 9.90 Å². The molecule has 1 amide bonds. The third-order valence-corrected chi connectivity index (χ3v) is 5.16. The summed E-state index contributed by atoms with van der Waals surface area (Å²) in [6.07, 6.45) is 1.89. The van der Waals surface area contributed by atoms with E-state index in [1.54, 1.807) is 18.2 Å². The maximum absolute atomic E-state index is 12.8. The van der Waals surface area contributed by atoms with Gasteiger partial charge in [-0.2, -0.15) is 0 Å². The molecule has 5 nitrogen and oxygen atoms in total. The van der Waals surface area contributed by atoms with Crippen molar-refractivity contribution in [2.75, 3.05) is 19.7 Å². The number of hydrogen-bond donors (Lipinski definition) is 1. The Morgan fingerprint density at radius 3 is 2.73 bits per heavy atom. The van der Waals surface area contributed by atoms with E-state index in [1.807, 2.05) is 42.2 Å². The van der Waals surface area contributed by atoms with E-state index in [4.69, 9.17) is 9.47 Å². The maximum Gasteiger partial charge on any atom is 0.275 e. The van der Waals surface area contributed by atoms with Gasteiger partial charge in [0.2, 0.25) is 0 Å². The lowest BCUT2D eigenvalue weighted by molar-refractivity contribution is -0.0680. The van der Waals surface area contributed by atoms with Gasteiger partial charge in [-0.25, -0.2) is 0 Å². The molecule has 0 aliphatic carbocycles. The summed E-state index contributed by atoms with van der Waals surface area (Å²) in [4.78, 5) is 14.7. The first-order valence-electron chi connectivity index (χ1n) is 9.07. The average molecular weight is 353 g/mol. The Kier molecular flexibility index (Phi) is 4.32. The molecular weight excluding hydrogens is 330 g/mol. The van der Waals surface area contributed by atoms with Crippen molar-refractivity contribution in [3.05, 3.63) is 59.7 Å². The molecule has 2 aliphatic heterocycles. The summed E-state index contributed by atoms with van der Waals surface area (Å²) >= 11 is 0. The number of likely N-dealkylation sites (tertiary alicyclic amines) is 1. The Morgan fingerprint density at radius 2 is 1.96 bits per heavy atom. The largest absolute Gasteiger partial charge is 0.445 e. The zero-order valence-corrected chi connectivity index (χ0v) is 14.9. The molecule has 4 rings (SSSR count). The molecule has 0 saturated carbocycles. The summed E-state index contributed by atoms with van der Waals surface area (Å²) in [5.74, 6) is 0.474. The summed E-state index contributed by atoms with van der Waals surface area (Å²) in [5, 5.41) is 9.38. The SMILES string of the molecule is CC1(c2ccccc2)Oc2ccc(C(=O)N3CCCC(CO)C3)cc2O1. The molecule has 2 heterocycles. The molecule has 0 radical (unpaired) electrons. The fourth-order valence-electron chi connectivity index (χ4n) is 3.69. The van der Waals surface area contributed by atoms with E-state index in [0.717, 1.165) is 24.9 Å². The molecule has 1 saturated heterocycles. The molecular formula is C21H23NO4. The van der Waals surface area contributed by atoms with Crippen molar-refractivity contribution >= 4 is 5.91 Å². The first-order chi connectivity index (χ1) is 12.6. The lowest BCUT2D eigenvalue weighted by atomic mass is 9.98. The van der Waals surface area contributed by atoms with Gasteiger partial charge in [0, 0.05) is 37.7 Å². The van der Waals surface area contributed by atoms with E-state index in [-0.39, 0.29) is 18.4 Å². The fraction of sp³-hybridized carbons (Fsp3) is 0.381. The maximum atomic E-state index is 12.8. The number of carbonyl (C=O) groups is 1. The highest BCUT2D eigenvalue weighted by molar-refractivity contribution is 5.95. The molecule has 2 aromatic rings. The smallest absolute Gasteiger partial charge is 0.275 e. The molecule has 136 valence electrons. The molecule has 2 unspecified atom stereocenters. The number of piperidine rings is 1. The Labute approximate surface area is 153 Å². The van der Waals surface area contributed by atoms with Crippen LogP contribution in [-0.2, 0) is 5.79 Å². The first kappa shape index (κ1) is 16.9. The summed E-state index contributed by atoms with van der Waals surface area (Å²) in [6, 6.07) is 15.1. The minimum Gasteiger partial charge on any atom is -0.445 e.